The van der Waals surface area contributed by atoms with E-state index >= 15 is 0 Å². The number of H-pyrrole nitrogens is 1. The Balaban J connectivity index is 1.86. The molecule has 3 aromatic rings. The molecule has 0 atom stereocenters. The van der Waals surface area contributed by atoms with E-state index in [0.717, 1.165) is 11.6 Å². The van der Waals surface area contributed by atoms with Gasteiger partial charge in [0, 0.05) is 6.54 Å². The van der Waals surface area contributed by atoms with Crippen molar-refractivity contribution in [3.63, 3.8) is 0 Å². The Bertz CT molecular complexity index is 764. The van der Waals surface area contributed by atoms with Crippen molar-refractivity contribution < 1.29 is 5.11 Å². The van der Waals surface area contributed by atoms with Crippen LogP contribution < -0.4 is 16.0 Å². The normalized spacial score (nSPS) is 10.7. The molecule has 0 saturated heterocycles. The van der Waals surface area contributed by atoms with Crippen molar-refractivity contribution in [2.45, 2.75) is 6.54 Å². The molecule has 0 bridgehead atoms. The second-order valence-electron chi connectivity index (χ2n) is 4.03. The fourth-order valence-corrected chi connectivity index (χ4v) is 2.59. The van der Waals surface area contributed by atoms with E-state index in [1.807, 2.05) is 30.3 Å². The van der Waals surface area contributed by atoms with Crippen molar-refractivity contribution in [1.29, 1.82) is 0 Å². The number of benzene rings is 1. The van der Waals surface area contributed by atoms with Crippen LogP contribution in [0.15, 0.2) is 41.2 Å². The first-order chi connectivity index (χ1) is 9.22. The number of aromatic amines is 1. The van der Waals surface area contributed by atoms with Gasteiger partial charge in [0.25, 0.3) is 0 Å². The molecule has 0 aliphatic carbocycles. The van der Waals surface area contributed by atoms with Crippen LogP contribution in [-0.2, 0) is 6.54 Å². The molecule has 0 saturated carbocycles. The molecular formula is C13H10N3O2S-. The Morgan fingerprint density at radius 3 is 2.89 bits per heavy atom. The van der Waals surface area contributed by atoms with Crippen molar-refractivity contribution >= 4 is 26.8 Å². The minimum absolute atomic E-state index is 0.288. The van der Waals surface area contributed by atoms with Gasteiger partial charge in [-0.1, -0.05) is 47.4 Å². The number of rotatable bonds is 3. The molecular weight excluding hydrogens is 262 g/mol. The summed E-state index contributed by atoms with van der Waals surface area (Å²) in [7, 11) is 0. The highest BCUT2D eigenvalue weighted by atomic mass is 32.1. The fraction of sp³-hybridized carbons (Fsp3) is 0.0769. The predicted octanol–water partition coefficient (Wildman–Crippen LogP) is 1.67. The lowest BCUT2D eigenvalue weighted by molar-refractivity contribution is -0.265. The first-order valence-electron chi connectivity index (χ1n) is 5.71. The molecule has 0 radical (unpaired) electrons. The Kier molecular flexibility index (Phi) is 2.92. The summed E-state index contributed by atoms with van der Waals surface area (Å²) in [6, 6.07) is 10.9. The molecule has 19 heavy (non-hydrogen) atoms. The van der Waals surface area contributed by atoms with Gasteiger partial charge in [-0.05, 0) is 11.6 Å². The van der Waals surface area contributed by atoms with Crippen molar-refractivity contribution in [2.24, 2.45) is 0 Å². The number of hydrogen-bond donors (Lipinski definition) is 2. The van der Waals surface area contributed by atoms with Gasteiger partial charge >= 0.3 is 0 Å². The van der Waals surface area contributed by atoms with E-state index in [1.54, 1.807) is 0 Å². The summed E-state index contributed by atoms with van der Waals surface area (Å²) >= 11 is 1.25. The van der Waals surface area contributed by atoms with Gasteiger partial charge in [0.2, 0.25) is 5.56 Å². The Hall–Kier alpha value is -2.34. The van der Waals surface area contributed by atoms with Crippen LogP contribution in [0.1, 0.15) is 5.56 Å². The van der Waals surface area contributed by atoms with Crippen LogP contribution in [0.25, 0.3) is 10.3 Å². The van der Waals surface area contributed by atoms with Crippen LogP contribution in [0.5, 0.6) is 5.75 Å². The second kappa shape index (κ2) is 4.74. The highest BCUT2D eigenvalue weighted by Gasteiger charge is 2.05. The fourth-order valence-electron chi connectivity index (χ4n) is 1.76. The zero-order chi connectivity index (χ0) is 13.2. The molecule has 2 heterocycles. The van der Waals surface area contributed by atoms with Crippen LogP contribution >= 0.6 is 11.3 Å². The van der Waals surface area contributed by atoms with Crippen LogP contribution in [0.3, 0.4) is 0 Å². The summed E-state index contributed by atoms with van der Waals surface area (Å²) in [6.45, 7) is 0.624. The third kappa shape index (κ3) is 2.43. The minimum Gasteiger partial charge on any atom is -0.871 e. The van der Waals surface area contributed by atoms with Gasteiger partial charge in [-0.2, -0.15) is 0 Å². The molecule has 2 aromatic heterocycles. The number of nitrogens with zero attached hydrogens (tertiary/aromatic N) is 1. The Morgan fingerprint density at radius 2 is 2.11 bits per heavy atom. The van der Waals surface area contributed by atoms with Gasteiger partial charge in [0.15, 0.2) is 10.8 Å². The number of hydrogen-bond acceptors (Lipinski definition) is 5. The average molecular weight is 272 g/mol. The van der Waals surface area contributed by atoms with E-state index in [9.17, 15) is 9.90 Å². The van der Waals surface area contributed by atoms with Crippen molar-refractivity contribution in [3.05, 3.63) is 52.3 Å². The summed E-state index contributed by atoms with van der Waals surface area (Å²) in [5, 5.41) is 15.4. The van der Waals surface area contributed by atoms with E-state index < -0.39 is 5.56 Å². The van der Waals surface area contributed by atoms with Gasteiger partial charge in [0.05, 0.1) is 4.70 Å². The molecule has 0 amide bonds. The third-order valence-electron chi connectivity index (χ3n) is 2.64. The number of fused-ring (bicyclic) bond motifs is 1. The maximum Gasteiger partial charge on any atom is 0.248 e. The van der Waals surface area contributed by atoms with Crippen molar-refractivity contribution in [1.82, 2.24) is 9.97 Å². The second-order valence-corrected chi connectivity index (χ2v) is 5.03. The molecule has 0 aliphatic heterocycles. The molecule has 0 spiro atoms. The van der Waals surface area contributed by atoms with Gasteiger partial charge < -0.3 is 15.4 Å². The number of anilines is 1. The van der Waals surface area contributed by atoms with E-state index in [-0.39, 0.29) is 5.75 Å². The topological polar surface area (TPSA) is 80.8 Å². The number of thiazole rings is 1. The first kappa shape index (κ1) is 11.7. The lowest BCUT2D eigenvalue weighted by atomic mass is 10.2. The summed E-state index contributed by atoms with van der Waals surface area (Å²) in [4.78, 5) is 17.9. The summed E-state index contributed by atoms with van der Waals surface area (Å²) in [5.74, 6) is -0.288. The molecule has 96 valence electrons. The highest BCUT2D eigenvalue weighted by Crippen LogP contribution is 2.29. The Labute approximate surface area is 112 Å². The van der Waals surface area contributed by atoms with Crippen molar-refractivity contribution in [2.75, 3.05) is 5.32 Å². The van der Waals surface area contributed by atoms with E-state index in [1.165, 1.54) is 11.3 Å². The lowest BCUT2D eigenvalue weighted by Gasteiger charge is -2.02. The first-order valence-corrected chi connectivity index (χ1v) is 6.53. The van der Waals surface area contributed by atoms with Gasteiger partial charge in [0.1, 0.15) is 0 Å². The number of pyridine rings is 1. The minimum atomic E-state index is -0.419. The van der Waals surface area contributed by atoms with Crippen LogP contribution in [-0.4, -0.2) is 9.97 Å². The van der Waals surface area contributed by atoms with Gasteiger partial charge in [-0.25, -0.2) is 4.98 Å². The van der Waals surface area contributed by atoms with Crippen LogP contribution in [0, 0.1) is 0 Å². The predicted molar refractivity (Wildman–Crippen MR) is 73.5 cm³/mol. The molecule has 3 rings (SSSR count). The van der Waals surface area contributed by atoms with E-state index in [4.69, 9.17) is 0 Å². The lowest BCUT2D eigenvalue weighted by Crippen LogP contribution is -2.06. The van der Waals surface area contributed by atoms with Gasteiger partial charge in [-0.15, -0.1) is 0 Å². The number of aromatic nitrogens is 2. The summed E-state index contributed by atoms with van der Waals surface area (Å²) in [5.41, 5.74) is 1.05. The molecule has 5 nitrogen and oxygen atoms in total. The SMILES string of the molecule is O=c1cc([O-])c2sc(NCc3ccccc3)nc2[nH]1. The van der Waals surface area contributed by atoms with Crippen LogP contribution in [0.4, 0.5) is 5.13 Å². The maximum absolute atomic E-state index is 11.6. The third-order valence-corrected chi connectivity index (χ3v) is 3.67. The van der Waals surface area contributed by atoms with E-state index in [0.29, 0.717) is 22.0 Å². The maximum atomic E-state index is 11.6. The zero-order valence-electron chi connectivity index (χ0n) is 9.84. The Morgan fingerprint density at radius 1 is 1.32 bits per heavy atom. The average Bonchev–Trinajstić information content (AvgIpc) is 2.81. The molecule has 0 fully saturated rings. The van der Waals surface area contributed by atoms with Crippen LogP contribution in [0.2, 0.25) is 0 Å². The quantitative estimate of drug-likeness (QED) is 0.760. The number of nitrogens with one attached hydrogen (secondary N) is 2. The van der Waals surface area contributed by atoms with Crippen molar-refractivity contribution in [3.8, 4) is 5.75 Å². The monoisotopic (exact) mass is 272 g/mol. The molecule has 2 N–H and O–H groups in total. The summed E-state index contributed by atoms with van der Waals surface area (Å²) < 4.78 is 0.468. The smallest absolute Gasteiger partial charge is 0.248 e. The van der Waals surface area contributed by atoms with Gasteiger partial charge in [-0.3, -0.25) is 4.79 Å². The highest BCUT2D eigenvalue weighted by molar-refractivity contribution is 7.22. The molecule has 6 heteroatoms. The standard InChI is InChI=1S/C13H11N3O2S/c17-9-6-10(18)15-12-11(9)19-13(16-12)14-7-8-4-2-1-3-5-8/h1-6H,7H2,(H3,14,15,16,17,18)/p-1. The van der Waals surface area contributed by atoms with E-state index in [2.05, 4.69) is 15.3 Å². The molecule has 0 unspecified atom stereocenters. The molecule has 1 aromatic carbocycles. The largest absolute Gasteiger partial charge is 0.871 e. The molecule has 0 aliphatic rings. The summed E-state index contributed by atoms with van der Waals surface area (Å²) in [6.07, 6.45) is 0. The zero-order valence-corrected chi connectivity index (χ0v) is 10.7.